The van der Waals surface area contributed by atoms with Gasteiger partial charge < -0.3 is 10.8 Å². The average molecular weight is 264 g/mol. The quantitative estimate of drug-likeness (QED) is 0.821. The van der Waals surface area contributed by atoms with Gasteiger partial charge in [-0.2, -0.15) is 0 Å². The summed E-state index contributed by atoms with van der Waals surface area (Å²) in [6.07, 6.45) is -0.280. The second-order valence-electron chi connectivity index (χ2n) is 4.16. The van der Waals surface area contributed by atoms with Crippen LogP contribution in [-0.4, -0.2) is 11.2 Å². The number of hydrogen-bond acceptors (Lipinski definition) is 2. The monoisotopic (exact) mass is 263 g/mol. The molecule has 5 heteroatoms. The van der Waals surface area contributed by atoms with Gasteiger partial charge in [-0.05, 0) is 18.1 Å². The zero-order valence-electron chi connectivity index (χ0n) is 9.75. The van der Waals surface area contributed by atoms with E-state index in [9.17, 15) is 13.9 Å². The third kappa shape index (κ3) is 2.94. The normalized spacial score (nSPS) is 16.6. The molecule has 0 radical (unpaired) electrons. The van der Waals surface area contributed by atoms with E-state index in [2.05, 4.69) is 0 Å². The van der Waals surface area contributed by atoms with Crippen LogP contribution in [-0.2, 0) is 0 Å². The molecule has 3 atom stereocenters. The SMILES string of the molecule is CCC(C)[C@@H](O)[C@@H](N)c1c(F)ccc(F)c1Cl. The fourth-order valence-corrected chi connectivity index (χ4v) is 1.89. The van der Waals surface area contributed by atoms with Crippen molar-refractivity contribution < 1.29 is 13.9 Å². The van der Waals surface area contributed by atoms with Crippen molar-refractivity contribution >= 4 is 11.6 Å². The molecule has 1 aromatic carbocycles. The molecule has 2 nitrogen and oxygen atoms in total. The van der Waals surface area contributed by atoms with Crippen molar-refractivity contribution in [3.8, 4) is 0 Å². The molecule has 0 heterocycles. The van der Waals surface area contributed by atoms with Crippen LogP contribution >= 0.6 is 11.6 Å². The lowest BCUT2D eigenvalue weighted by atomic mass is 9.91. The maximum absolute atomic E-state index is 13.6. The highest BCUT2D eigenvalue weighted by molar-refractivity contribution is 6.31. The topological polar surface area (TPSA) is 46.2 Å². The Hall–Kier alpha value is -0.710. The minimum Gasteiger partial charge on any atom is -0.391 e. The summed E-state index contributed by atoms with van der Waals surface area (Å²) in [7, 11) is 0. The molecule has 0 aliphatic carbocycles. The zero-order valence-corrected chi connectivity index (χ0v) is 10.5. The van der Waals surface area contributed by atoms with Crippen molar-refractivity contribution in [3.63, 3.8) is 0 Å². The summed E-state index contributed by atoms with van der Waals surface area (Å²) >= 11 is 5.68. The molecular weight excluding hydrogens is 248 g/mol. The Bertz CT molecular complexity index is 400. The Balaban J connectivity index is 3.11. The lowest BCUT2D eigenvalue weighted by Crippen LogP contribution is -2.32. The Morgan fingerprint density at radius 2 is 1.88 bits per heavy atom. The van der Waals surface area contributed by atoms with E-state index in [1.165, 1.54) is 0 Å². The number of halogens is 3. The fourth-order valence-electron chi connectivity index (χ4n) is 1.61. The van der Waals surface area contributed by atoms with Crippen LogP contribution in [0.2, 0.25) is 5.02 Å². The molecule has 1 unspecified atom stereocenters. The maximum atomic E-state index is 13.6. The lowest BCUT2D eigenvalue weighted by molar-refractivity contribution is 0.0867. The van der Waals surface area contributed by atoms with Crippen molar-refractivity contribution in [3.05, 3.63) is 34.4 Å². The highest BCUT2D eigenvalue weighted by atomic mass is 35.5. The van der Waals surface area contributed by atoms with Crippen molar-refractivity contribution in [2.45, 2.75) is 32.4 Å². The second-order valence-corrected chi connectivity index (χ2v) is 4.54. The number of benzene rings is 1. The average Bonchev–Trinajstić information content (AvgIpc) is 2.32. The van der Waals surface area contributed by atoms with E-state index in [0.717, 1.165) is 12.1 Å². The summed E-state index contributed by atoms with van der Waals surface area (Å²) < 4.78 is 26.8. The van der Waals surface area contributed by atoms with Gasteiger partial charge in [-0.1, -0.05) is 31.9 Å². The Labute approximate surface area is 104 Å². The Morgan fingerprint density at radius 3 is 2.41 bits per heavy atom. The van der Waals surface area contributed by atoms with Gasteiger partial charge in [0.15, 0.2) is 0 Å². The van der Waals surface area contributed by atoms with Crippen molar-refractivity contribution in [1.29, 1.82) is 0 Å². The molecule has 1 aromatic rings. The van der Waals surface area contributed by atoms with Crippen LogP contribution in [0.25, 0.3) is 0 Å². The molecule has 0 saturated carbocycles. The molecule has 0 bridgehead atoms. The third-order valence-electron chi connectivity index (χ3n) is 3.01. The van der Waals surface area contributed by atoms with E-state index in [-0.39, 0.29) is 16.5 Å². The fraction of sp³-hybridized carbons (Fsp3) is 0.500. The molecule has 17 heavy (non-hydrogen) atoms. The minimum absolute atomic E-state index is 0.122. The first kappa shape index (κ1) is 14.4. The van der Waals surface area contributed by atoms with Gasteiger partial charge in [0.2, 0.25) is 0 Å². The predicted octanol–water partition coefficient (Wildman–Crippen LogP) is 3.03. The molecule has 0 fully saturated rings. The number of nitrogens with two attached hydrogens (primary N) is 1. The van der Waals surface area contributed by atoms with E-state index < -0.39 is 23.8 Å². The smallest absolute Gasteiger partial charge is 0.142 e. The van der Waals surface area contributed by atoms with Gasteiger partial charge in [0.05, 0.1) is 17.2 Å². The van der Waals surface area contributed by atoms with Gasteiger partial charge in [-0.3, -0.25) is 0 Å². The van der Waals surface area contributed by atoms with Crippen LogP contribution in [0.5, 0.6) is 0 Å². The molecule has 0 spiro atoms. The second kappa shape index (κ2) is 5.76. The standard InChI is InChI=1S/C12H16ClF2NO/c1-3-6(2)12(17)11(16)9-7(14)4-5-8(15)10(9)13/h4-6,11-12,17H,3,16H2,1-2H3/t6?,11-,12+/m0/s1. The minimum atomic E-state index is -1.03. The molecule has 0 saturated heterocycles. The van der Waals surface area contributed by atoms with E-state index in [1.807, 2.05) is 6.92 Å². The first-order chi connectivity index (χ1) is 7.90. The van der Waals surface area contributed by atoms with Gasteiger partial charge in [0, 0.05) is 5.56 Å². The molecule has 0 aliphatic rings. The summed E-state index contributed by atoms with van der Waals surface area (Å²) in [5.41, 5.74) is 5.58. The van der Waals surface area contributed by atoms with Gasteiger partial charge in [0.1, 0.15) is 11.6 Å². The molecule has 1 rings (SSSR count). The maximum Gasteiger partial charge on any atom is 0.142 e. The van der Waals surface area contributed by atoms with Crippen molar-refractivity contribution in [2.75, 3.05) is 0 Å². The molecule has 96 valence electrons. The van der Waals surface area contributed by atoms with Crippen LogP contribution < -0.4 is 5.73 Å². The van der Waals surface area contributed by atoms with Gasteiger partial charge in [-0.15, -0.1) is 0 Å². The van der Waals surface area contributed by atoms with Crippen LogP contribution in [0.1, 0.15) is 31.9 Å². The predicted molar refractivity (Wildman–Crippen MR) is 63.8 cm³/mol. The van der Waals surface area contributed by atoms with Crippen molar-refractivity contribution in [1.82, 2.24) is 0 Å². The summed E-state index contributed by atoms with van der Waals surface area (Å²) in [5.74, 6) is -1.56. The molecule has 3 N–H and O–H groups in total. The van der Waals surface area contributed by atoms with Gasteiger partial charge >= 0.3 is 0 Å². The number of rotatable bonds is 4. The highest BCUT2D eigenvalue weighted by Crippen LogP contribution is 2.31. The van der Waals surface area contributed by atoms with E-state index in [0.29, 0.717) is 6.42 Å². The molecule has 0 aliphatic heterocycles. The summed E-state index contributed by atoms with van der Waals surface area (Å²) in [5, 5.41) is 9.55. The first-order valence-electron chi connectivity index (χ1n) is 5.47. The zero-order chi connectivity index (χ0) is 13.2. The first-order valence-corrected chi connectivity index (χ1v) is 5.85. The van der Waals surface area contributed by atoms with Crippen LogP contribution in [0, 0.1) is 17.6 Å². The summed E-state index contributed by atoms with van der Waals surface area (Å²) in [6, 6.07) is 0.858. The van der Waals surface area contributed by atoms with E-state index in [1.54, 1.807) is 6.92 Å². The largest absolute Gasteiger partial charge is 0.391 e. The molecular formula is C12H16ClF2NO. The van der Waals surface area contributed by atoms with Crippen LogP contribution in [0.4, 0.5) is 8.78 Å². The van der Waals surface area contributed by atoms with E-state index in [4.69, 9.17) is 17.3 Å². The number of aliphatic hydroxyl groups is 1. The molecule has 0 aromatic heterocycles. The van der Waals surface area contributed by atoms with Crippen molar-refractivity contribution in [2.24, 2.45) is 11.7 Å². The van der Waals surface area contributed by atoms with Gasteiger partial charge in [-0.25, -0.2) is 8.78 Å². The Morgan fingerprint density at radius 1 is 1.35 bits per heavy atom. The molecule has 0 amide bonds. The van der Waals surface area contributed by atoms with Gasteiger partial charge in [0.25, 0.3) is 0 Å². The lowest BCUT2D eigenvalue weighted by Gasteiger charge is -2.25. The summed E-state index contributed by atoms with van der Waals surface area (Å²) in [6.45, 7) is 3.67. The van der Waals surface area contributed by atoms with E-state index >= 15 is 0 Å². The third-order valence-corrected chi connectivity index (χ3v) is 3.39. The Kier molecular flexibility index (Phi) is 4.86. The highest BCUT2D eigenvalue weighted by Gasteiger charge is 2.27. The number of aliphatic hydroxyl groups excluding tert-OH is 1. The van der Waals surface area contributed by atoms with Crippen LogP contribution in [0.15, 0.2) is 12.1 Å². The van der Waals surface area contributed by atoms with Crippen LogP contribution in [0.3, 0.4) is 0 Å². The summed E-state index contributed by atoms with van der Waals surface area (Å²) in [4.78, 5) is 0. The number of hydrogen-bond donors (Lipinski definition) is 2.